The normalized spacial score (nSPS) is 18.2. The van der Waals surface area contributed by atoms with Gasteiger partial charge in [0.15, 0.2) is 0 Å². The van der Waals surface area contributed by atoms with Crippen LogP contribution in [0.2, 0.25) is 0 Å². The van der Waals surface area contributed by atoms with Crippen molar-refractivity contribution in [1.29, 1.82) is 0 Å². The average molecular weight is 331 g/mol. The van der Waals surface area contributed by atoms with Crippen LogP contribution in [0.15, 0.2) is 0 Å². The van der Waals surface area contributed by atoms with E-state index in [-0.39, 0.29) is 5.91 Å². The quantitative estimate of drug-likeness (QED) is 0.495. The fourth-order valence-corrected chi connectivity index (χ4v) is 3.40. The molecule has 0 spiro atoms. The Balaban J connectivity index is 2.20. The van der Waals surface area contributed by atoms with E-state index in [1.54, 1.807) is 11.8 Å². The molecule has 1 saturated carbocycles. The number of nitrogens with one attached hydrogen (secondary N) is 2. The lowest BCUT2D eigenvalue weighted by atomic mass is 10.0. The van der Waals surface area contributed by atoms with Crippen molar-refractivity contribution in [3.05, 3.63) is 0 Å². The Morgan fingerprint density at radius 1 is 1.27 bits per heavy atom. The first-order valence-corrected chi connectivity index (χ1v) is 9.09. The van der Waals surface area contributed by atoms with Gasteiger partial charge in [0.2, 0.25) is 5.91 Å². The van der Waals surface area contributed by atoms with Gasteiger partial charge < -0.3 is 10.8 Å². The van der Waals surface area contributed by atoms with Crippen molar-refractivity contribution in [2.45, 2.75) is 69.8 Å². The van der Waals surface area contributed by atoms with Crippen LogP contribution in [-0.4, -0.2) is 40.1 Å². The van der Waals surface area contributed by atoms with Gasteiger partial charge in [0, 0.05) is 12.5 Å². The van der Waals surface area contributed by atoms with Crippen LogP contribution in [0.4, 0.5) is 0 Å². The second kappa shape index (κ2) is 10.1. The minimum atomic E-state index is -1.31. The molecule has 1 aliphatic carbocycles. The third-order valence-corrected chi connectivity index (χ3v) is 4.99. The van der Waals surface area contributed by atoms with Gasteiger partial charge in [0.05, 0.1) is 0 Å². The molecule has 0 saturated heterocycles. The molecule has 7 heteroatoms. The summed E-state index contributed by atoms with van der Waals surface area (Å²) >= 11 is 1.73. The van der Waals surface area contributed by atoms with Crippen LogP contribution in [0.5, 0.6) is 0 Å². The fraction of sp³-hybridized carbons (Fsp3) is 0.867. The monoisotopic (exact) mass is 331 g/mol. The van der Waals surface area contributed by atoms with Crippen molar-refractivity contribution < 1.29 is 14.7 Å². The molecule has 0 heterocycles. The smallest absolute Gasteiger partial charge is 0.268 e. The summed E-state index contributed by atoms with van der Waals surface area (Å²) in [4.78, 5) is 23.5. The number of aliphatic hydroxyl groups excluding tert-OH is 1. The van der Waals surface area contributed by atoms with Gasteiger partial charge in [-0.15, -0.1) is 0 Å². The predicted molar refractivity (Wildman–Crippen MR) is 89.1 cm³/mol. The SMILES string of the molecule is CC(C)SCC[C@@H](N)C(O)C(=O)NNC(=O)CC1CCCC1. The average Bonchev–Trinajstić information content (AvgIpc) is 2.96. The zero-order valence-corrected chi connectivity index (χ0v) is 14.3. The molecule has 128 valence electrons. The number of amides is 2. The lowest BCUT2D eigenvalue weighted by Gasteiger charge is -2.19. The van der Waals surface area contributed by atoms with E-state index < -0.39 is 18.1 Å². The summed E-state index contributed by atoms with van der Waals surface area (Å²) in [6.07, 6.45) is 4.16. The standard InChI is InChI=1S/C15H29N3O3S/c1-10(2)22-8-7-12(16)14(20)15(21)18-17-13(19)9-11-5-3-4-6-11/h10-12,14,20H,3-9,16H2,1-2H3,(H,17,19)(H,18,21)/t12-,14?/m1/s1. The highest BCUT2D eigenvalue weighted by atomic mass is 32.2. The number of rotatable bonds is 8. The van der Waals surface area contributed by atoms with Crippen molar-refractivity contribution in [3.63, 3.8) is 0 Å². The molecule has 0 aliphatic heterocycles. The molecular formula is C15H29N3O3S. The first-order chi connectivity index (χ1) is 10.4. The molecule has 0 radical (unpaired) electrons. The van der Waals surface area contributed by atoms with Crippen molar-refractivity contribution in [1.82, 2.24) is 10.9 Å². The zero-order chi connectivity index (χ0) is 16.5. The van der Waals surface area contributed by atoms with Crippen LogP contribution < -0.4 is 16.6 Å². The maximum Gasteiger partial charge on any atom is 0.268 e. The zero-order valence-electron chi connectivity index (χ0n) is 13.5. The highest BCUT2D eigenvalue weighted by Gasteiger charge is 2.24. The van der Waals surface area contributed by atoms with E-state index in [9.17, 15) is 14.7 Å². The third kappa shape index (κ3) is 7.47. The lowest BCUT2D eigenvalue weighted by Crippen LogP contribution is -2.52. The minimum Gasteiger partial charge on any atom is -0.382 e. The number of aliphatic hydroxyl groups is 1. The number of hydrogen-bond acceptors (Lipinski definition) is 5. The summed E-state index contributed by atoms with van der Waals surface area (Å²) in [5, 5.41) is 10.3. The second-order valence-corrected chi connectivity index (χ2v) is 7.89. The summed E-state index contributed by atoms with van der Waals surface area (Å²) in [6, 6.07) is -0.627. The summed E-state index contributed by atoms with van der Waals surface area (Å²) in [5.74, 6) is 0.340. The summed E-state index contributed by atoms with van der Waals surface area (Å²) in [6.45, 7) is 4.17. The number of thioether (sulfide) groups is 1. The van der Waals surface area contributed by atoms with Crippen LogP contribution in [0.3, 0.4) is 0 Å². The Morgan fingerprint density at radius 3 is 2.50 bits per heavy atom. The summed E-state index contributed by atoms with van der Waals surface area (Å²) in [7, 11) is 0. The largest absolute Gasteiger partial charge is 0.382 e. The van der Waals surface area contributed by atoms with E-state index in [2.05, 4.69) is 24.7 Å². The van der Waals surface area contributed by atoms with Crippen molar-refractivity contribution >= 4 is 23.6 Å². The summed E-state index contributed by atoms with van der Waals surface area (Å²) < 4.78 is 0. The molecule has 0 aromatic rings. The highest BCUT2D eigenvalue weighted by Crippen LogP contribution is 2.27. The molecule has 0 aromatic carbocycles. The third-order valence-electron chi connectivity index (χ3n) is 3.85. The molecule has 1 aliphatic rings. The van der Waals surface area contributed by atoms with Crippen LogP contribution in [0, 0.1) is 5.92 Å². The van der Waals surface area contributed by atoms with E-state index in [0.29, 0.717) is 24.0 Å². The molecule has 6 nitrogen and oxygen atoms in total. The van der Waals surface area contributed by atoms with Gasteiger partial charge in [-0.1, -0.05) is 26.7 Å². The van der Waals surface area contributed by atoms with Gasteiger partial charge in [-0.25, -0.2) is 0 Å². The molecule has 1 unspecified atom stereocenters. The Morgan fingerprint density at radius 2 is 1.91 bits per heavy atom. The van der Waals surface area contributed by atoms with Crippen LogP contribution in [0.25, 0.3) is 0 Å². The number of nitrogens with two attached hydrogens (primary N) is 1. The molecule has 1 rings (SSSR count). The minimum absolute atomic E-state index is 0.212. The maximum atomic E-state index is 11.8. The van der Waals surface area contributed by atoms with Crippen molar-refractivity contribution in [3.8, 4) is 0 Å². The van der Waals surface area contributed by atoms with E-state index >= 15 is 0 Å². The van der Waals surface area contributed by atoms with Gasteiger partial charge >= 0.3 is 0 Å². The van der Waals surface area contributed by atoms with Gasteiger partial charge in [-0.2, -0.15) is 11.8 Å². The second-order valence-electron chi connectivity index (χ2n) is 6.21. The van der Waals surface area contributed by atoms with Gasteiger partial charge in [-0.3, -0.25) is 20.4 Å². The molecular weight excluding hydrogens is 302 g/mol. The van der Waals surface area contributed by atoms with Crippen molar-refractivity contribution in [2.24, 2.45) is 11.7 Å². The molecule has 1 fully saturated rings. The maximum absolute atomic E-state index is 11.8. The number of hydrazine groups is 1. The Kier molecular flexibility index (Phi) is 8.82. The first kappa shape index (κ1) is 19.3. The molecule has 22 heavy (non-hydrogen) atoms. The lowest BCUT2D eigenvalue weighted by molar-refractivity contribution is -0.135. The molecule has 2 amide bonds. The van der Waals surface area contributed by atoms with Crippen LogP contribution >= 0.6 is 11.8 Å². The topological polar surface area (TPSA) is 104 Å². The van der Waals surface area contributed by atoms with E-state index in [4.69, 9.17) is 5.73 Å². The van der Waals surface area contributed by atoms with Crippen LogP contribution in [0.1, 0.15) is 52.4 Å². The number of carbonyl (C=O) groups is 2. The molecule has 0 aromatic heterocycles. The fourth-order valence-electron chi connectivity index (χ4n) is 2.53. The van der Waals surface area contributed by atoms with Gasteiger partial charge in [-0.05, 0) is 36.2 Å². The Labute approximate surface area is 136 Å². The Hall–Kier alpha value is -0.790. The Bertz CT molecular complexity index is 360. The van der Waals surface area contributed by atoms with Crippen molar-refractivity contribution in [2.75, 3.05) is 5.75 Å². The molecule has 0 bridgehead atoms. The number of carbonyl (C=O) groups excluding carboxylic acids is 2. The summed E-state index contributed by atoms with van der Waals surface area (Å²) in [5.41, 5.74) is 10.4. The number of hydrogen-bond donors (Lipinski definition) is 4. The molecule has 5 N–H and O–H groups in total. The van der Waals surface area contributed by atoms with Gasteiger partial charge in [0.25, 0.3) is 5.91 Å². The highest BCUT2D eigenvalue weighted by molar-refractivity contribution is 7.99. The van der Waals surface area contributed by atoms with E-state index in [0.717, 1.165) is 18.6 Å². The first-order valence-electron chi connectivity index (χ1n) is 8.04. The van der Waals surface area contributed by atoms with Gasteiger partial charge in [0.1, 0.15) is 6.10 Å². The van der Waals surface area contributed by atoms with Crippen LogP contribution in [-0.2, 0) is 9.59 Å². The van der Waals surface area contributed by atoms with E-state index in [1.807, 2.05) is 0 Å². The molecule has 2 atom stereocenters. The van der Waals surface area contributed by atoms with E-state index in [1.165, 1.54) is 12.8 Å². The predicted octanol–water partition coefficient (Wildman–Crippen LogP) is 0.934.